The summed E-state index contributed by atoms with van der Waals surface area (Å²) in [6.07, 6.45) is 0. The highest BCUT2D eigenvalue weighted by Gasteiger charge is 2.22. The van der Waals surface area contributed by atoms with E-state index >= 15 is 0 Å². The van der Waals surface area contributed by atoms with Crippen molar-refractivity contribution in [2.45, 2.75) is 52.4 Å². The normalized spacial score (nSPS) is 13.0. The minimum Gasteiger partial charge on any atom is -0.0837 e. The first-order chi connectivity index (χ1) is 14.5. The Balaban J connectivity index is 2.01. The lowest BCUT2D eigenvalue weighted by molar-refractivity contribution is 0.591. The van der Waals surface area contributed by atoms with Crippen molar-refractivity contribution >= 4 is 43.9 Å². The molecule has 0 aromatic heterocycles. The first kappa shape index (κ1) is 20.3. The van der Waals surface area contributed by atoms with Gasteiger partial charge in [0.1, 0.15) is 0 Å². The van der Waals surface area contributed by atoms with E-state index in [1.807, 2.05) is 12.1 Å². The summed E-state index contributed by atoms with van der Waals surface area (Å²) in [5, 5.41) is 8.70. The molecule has 0 radical (unpaired) electrons. The van der Waals surface area contributed by atoms with E-state index in [9.17, 15) is 0 Å². The molecule has 5 aromatic rings. The van der Waals surface area contributed by atoms with E-state index in [0.29, 0.717) is 0 Å². The van der Waals surface area contributed by atoms with Crippen LogP contribution in [-0.2, 0) is 10.8 Å². The van der Waals surface area contributed by atoms with Crippen molar-refractivity contribution in [2.75, 3.05) is 0 Å². The van der Waals surface area contributed by atoms with Crippen LogP contribution in [0.4, 0.5) is 0 Å². The molecule has 0 aliphatic heterocycles. The Morgan fingerprint density at radius 2 is 1.10 bits per heavy atom. The van der Waals surface area contributed by atoms with Crippen LogP contribution in [-0.4, -0.2) is 0 Å². The lowest BCUT2D eigenvalue weighted by Crippen LogP contribution is -2.12. The predicted molar refractivity (Wildman–Crippen MR) is 138 cm³/mol. The molecular weight excluding hydrogens is 396 g/mol. The topological polar surface area (TPSA) is 0 Å². The van der Waals surface area contributed by atoms with E-state index in [-0.39, 0.29) is 10.8 Å². The van der Waals surface area contributed by atoms with Crippen LogP contribution in [0.5, 0.6) is 0 Å². The monoisotopic (exact) mass is 424 g/mol. The number of hydrogen-bond donors (Lipinski definition) is 0. The van der Waals surface area contributed by atoms with Gasteiger partial charge in [0.25, 0.3) is 0 Å². The molecule has 5 aromatic carbocycles. The smallest absolute Gasteiger partial charge is 0.0484 e. The third-order valence-corrected chi connectivity index (χ3v) is 6.88. The zero-order valence-electron chi connectivity index (χ0n) is 19.2. The van der Waals surface area contributed by atoms with Crippen LogP contribution >= 0.6 is 11.6 Å². The molecule has 0 aliphatic carbocycles. The predicted octanol–water partition coefficient (Wildman–Crippen LogP) is 9.50. The van der Waals surface area contributed by atoms with Gasteiger partial charge in [-0.05, 0) is 78.0 Å². The number of benzene rings is 5. The van der Waals surface area contributed by atoms with E-state index in [0.717, 1.165) is 10.6 Å². The Bertz CT molecular complexity index is 1440. The van der Waals surface area contributed by atoms with E-state index < -0.39 is 0 Å². The highest BCUT2D eigenvalue weighted by molar-refractivity contribution is 6.34. The van der Waals surface area contributed by atoms with Gasteiger partial charge in [-0.3, -0.25) is 0 Å². The fourth-order valence-electron chi connectivity index (χ4n) is 4.69. The third kappa shape index (κ3) is 3.29. The van der Waals surface area contributed by atoms with Gasteiger partial charge >= 0.3 is 0 Å². The molecule has 0 amide bonds. The fourth-order valence-corrected chi connectivity index (χ4v) is 4.93. The Hall–Kier alpha value is -2.57. The quantitative estimate of drug-likeness (QED) is 0.235. The highest BCUT2D eigenvalue weighted by atomic mass is 35.5. The summed E-state index contributed by atoms with van der Waals surface area (Å²) in [7, 11) is 0. The molecular formula is C30H29Cl. The minimum absolute atomic E-state index is 0.0710. The summed E-state index contributed by atoms with van der Waals surface area (Å²) in [4.78, 5) is 0. The molecule has 0 heterocycles. The SMILES string of the molecule is CC(C)(C)c1cc2ccc3cc(C(C)(C)C)cc4c(-c5ccccc5Cl)cc(c1)c2c34. The van der Waals surface area contributed by atoms with E-state index in [2.05, 4.69) is 96.1 Å². The van der Waals surface area contributed by atoms with Gasteiger partial charge in [-0.2, -0.15) is 0 Å². The lowest BCUT2D eigenvalue weighted by Gasteiger charge is -2.25. The average molecular weight is 425 g/mol. The Morgan fingerprint density at radius 3 is 1.71 bits per heavy atom. The second-order valence-electron chi connectivity index (χ2n) is 10.9. The van der Waals surface area contributed by atoms with Crippen LogP contribution in [0.15, 0.2) is 66.7 Å². The third-order valence-electron chi connectivity index (χ3n) is 6.55. The highest BCUT2D eigenvalue weighted by Crippen LogP contribution is 2.44. The van der Waals surface area contributed by atoms with E-state index in [4.69, 9.17) is 11.6 Å². The molecule has 0 bridgehead atoms. The summed E-state index contributed by atoms with van der Waals surface area (Å²) in [5.41, 5.74) is 5.18. The molecule has 0 fully saturated rings. The van der Waals surface area contributed by atoms with Crippen LogP contribution in [0.25, 0.3) is 43.4 Å². The van der Waals surface area contributed by atoms with Crippen molar-refractivity contribution < 1.29 is 0 Å². The van der Waals surface area contributed by atoms with Gasteiger partial charge < -0.3 is 0 Å². The molecule has 156 valence electrons. The van der Waals surface area contributed by atoms with Crippen LogP contribution in [0.1, 0.15) is 52.7 Å². The van der Waals surface area contributed by atoms with Crippen molar-refractivity contribution in [1.82, 2.24) is 0 Å². The fraction of sp³-hybridized carbons (Fsp3) is 0.267. The first-order valence-corrected chi connectivity index (χ1v) is 11.4. The van der Waals surface area contributed by atoms with Crippen LogP contribution in [0.3, 0.4) is 0 Å². The standard InChI is InChI=1S/C30H29Cl/c1-29(2,3)21-13-18-11-12-19-14-22(30(4,5)6)17-25-24(23-9-7-8-10-26(23)31)16-20(15-21)27(18)28(19)25/h7-17H,1-6H3. The maximum absolute atomic E-state index is 6.71. The van der Waals surface area contributed by atoms with Gasteiger partial charge in [-0.15, -0.1) is 0 Å². The largest absolute Gasteiger partial charge is 0.0837 e. The second-order valence-corrected chi connectivity index (χ2v) is 11.3. The number of hydrogen-bond acceptors (Lipinski definition) is 0. The maximum Gasteiger partial charge on any atom is 0.0484 e. The molecule has 0 atom stereocenters. The van der Waals surface area contributed by atoms with Crippen LogP contribution in [0.2, 0.25) is 5.02 Å². The average Bonchev–Trinajstić information content (AvgIpc) is 2.70. The molecule has 0 spiro atoms. The Morgan fingerprint density at radius 1 is 0.548 bits per heavy atom. The van der Waals surface area contributed by atoms with Gasteiger partial charge in [-0.25, -0.2) is 0 Å². The van der Waals surface area contributed by atoms with Crippen molar-refractivity contribution in [3.8, 4) is 11.1 Å². The molecule has 0 nitrogen and oxygen atoms in total. The van der Waals surface area contributed by atoms with E-state index in [1.54, 1.807) is 0 Å². The zero-order valence-corrected chi connectivity index (χ0v) is 20.0. The van der Waals surface area contributed by atoms with Crippen molar-refractivity contribution in [2.24, 2.45) is 0 Å². The van der Waals surface area contributed by atoms with Gasteiger partial charge in [0.05, 0.1) is 0 Å². The summed E-state index contributed by atoms with van der Waals surface area (Å²) in [6, 6.07) is 24.7. The van der Waals surface area contributed by atoms with E-state index in [1.165, 1.54) is 49.0 Å². The molecule has 0 saturated heterocycles. The van der Waals surface area contributed by atoms with Crippen molar-refractivity contribution in [1.29, 1.82) is 0 Å². The number of halogens is 1. The molecule has 0 N–H and O–H groups in total. The summed E-state index contributed by atoms with van der Waals surface area (Å²) >= 11 is 6.71. The van der Waals surface area contributed by atoms with Gasteiger partial charge in [0, 0.05) is 10.6 Å². The van der Waals surface area contributed by atoms with Gasteiger partial charge in [0.2, 0.25) is 0 Å². The zero-order chi connectivity index (χ0) is 22.1. The second kappa shape index (κ2) is 6.71. The van der Waals surface area contributed by atoms with Crippen LogP contribution in [0, 0.1) is 0 Å². The van der Waals surface area contributed by atoms with Crippen LogP contribution < -0.4 is 0 Å². The molecule has 1 heteroatoms. The van der Waals surface area contributed by atoms with Crippen molar-refractivity contribution in [3.63, 3.8) is 0 Å². The summed E-state index contributed by atoms with van der Waals surface area (Å²) in [6.45, 7) is 13.7. The molecule has 5 rings (SSSR count). The molecule has 0 saturated carbocycles. The Kier molecular flexibility index (Phi) is 4.40. The number of rotatable bonds is 1. The molecule has 0 unspecified atom stereocenters. The summed E-state index contributed by atoms with van der Waals surface area (Å²) < 4.78 is 0. The summed E-state index contributed by atoms with van der Waals surface area (Å²) in [5.74, 6) is 0. The Labute approximate surface area is 190 Å². The first-order valence-electron chi connectivity index (χ1n) is 11.1. The lowest BCUT2D eigenvalue weighted by atomic mass is 9.79. The van der Waals surface area contributed by atoms with Gasteiger partial charge in [-0.1, -0.05) is 102 Å². The van der Waals surface area contributed by atoms with Gasteiger partial charge in [0.15, 0.2) is 0 Å². The maximum atomic E-state index is 6.71. The molecule has 0 aliphatic rings. The minimum atomic E-state index is 0.0710. The van der Waals surface area contributed by atoms with Crippen molar-refractivity contribution in [3.05, 3.63) is 82.9 Å². The molecule has 31 heavy (non-hydrogen) atoms.